The van der Waals surface area contributed by atoms with E-state index < -0.39 is 16.0 Å². The van der Waals surface area contributed by atoms with E-state index in [0.29, 0.717) is 30.1 Å². The van der Waals surface area contributed by atoms with Crippen molar-refractivity contribution in [3.63, 3.8) is 0 Å². The molecule has 2 N–H and O–H groups in total. The van der Waals surface area contributed by atoms with Crippen LogP contribution in [0.5, 0.6) is 5.75 Å². The van der Waals surface area contributed by atoms with Crippen molar-refractivity contribution in [2.75, 3.05) is 41.1 Å². The topological polar surface area (TPSA) is 121 Å². The number of rotatable bonds is 8. The second-order valence-corrected chi connectivity index (χ2v) is 13.4. The van der Waals surface area contributed by atoms with Gasteiger partial charge in [-0.2, -0.15) is 0 Å². The van der Waals surface area contributed by atoms with Gasteiger partial charge in [0.1, 0.15) is 11.6 Å². The number of nitrogens with one attached hydrogen (secondary N) is 2. The van der Waals surface area contributed by atoms with Gasteiger partial charge in [0, 0.05) is 50.7 Å². The van der Waals surface area contributed by atoms with Crippen molar-refractivity contribution in [3.05, 3.63) is 120 Å². The number of para-hydroxylation sites is 1. The van der Waals surface area contributed by atoms with Crippen molar-refractivity contribution >= 4 is 39.1 Å². The van der Waals surface area contributed by atoms with Crippen LogP contribution in [0.3, 0.4) is 0 Å². The van der Waals surface area contributed by atoms with Crippen LogP contribution >= 0.6 is 0 Å². The first-order valence-corrected chi connectivity index (χ1v) is 17.5. The first kappa shape index (κ1) is 34.2. The van der Waals surface area contributed by atoms with Crippen LogP contribution in [0.25, 0.3) is 0 Å². The molecule has 6 rings (SSSR count). The quantitative estimate of drug-likeness (QED) is 0.166. The average molecular weight is 668 g/mol. The van der Waals surface area contributed by atoms with Crippen molar-refractivity contribution in [3.8, 4) is 5.75 Å². The molecular weight excluding hydrogens is 627 g/mol. The van der Waals surface area contributed by atoms with Gasteiger partial charge in [-0.1, -0.05) is 36.9 Å². The van der Waals surface area contributed by atoms with E-state index >= 15 is 0 Å². The number of aromatic nitrogens is 1. The monoisotopic (exact) mass is 667 g/mol. The molecule has 250 valence electrons. The van der Waals surface area contributed by atoms with Gasteiger partial charge in [-0.05, 0) is 98.3 Å². The minimum Gasteiger partial charge on any atom is -0.426 e. The van der Waals surface area contributed by atoms with Gasteiger partial charge < -0.3 is 19.9 Å². The molecule has 3 aromatic carbocycles. The van der Waals surface area contributed by atoms with E-state index in [-0.39, 0.29) is 10.8 Å². The summed E-state index contributed by atoms with van der Waals surface area (Å²) in [5.74, 6) is 0.676. The third-order valence-electron chi connectivity index (χ3n) is 8.07. The number of pyridine rings is 1. The summed E-state index contributed by atoms with van der Waals surface area (Å²) in [4.78, 5) is 32.5. The molecule has 1 amide bonds. The predicted octanol–water partition coefficient (Wildman–Crippen LogP) is 6.28. The Balaban J connectivity index is 0.000000188. The lowest BCUT2D eigenvalue weighted by Crippen LogP contribution is -2.49. The second-order valence-electron chi connectivity index (χ2n) is 11.7. The van der Waals surface area contributed by atoms with Gasteiger partial charge in [0.25, 0.3) is 15.9 Å². The summed E-state index contributed by atoms with van der Waals surface area (Å²) in [6.45, 7) is 9.60. The van der Waals surface area contributed by atoms with Crippen LogP contribution in [0.1, 0.15) is 48.2 Å². The Bertz CT molecular complexity index is 1850. The van der Waals surface area contributed by atoms with Crippen molar-refractivity contribution in [1.82, 2.24) is 9.88 Å². The van der Waals surface area contributed by atoms with Gasteiger partial charge in [-0.3, -0.25) is 14.3 Å². The lowest BCUT2D eigenvalue weighted by atomic mass is 9.91. The smallest absolute Gasteiger partial charge is 0.308 e. The van der Waals surface area contributed by atoms with Gasteiger partial charge >= 0.3 is 5.97 Å². The zero-order valence-electron chi connectivity index (χ0n) is 27.3. The number of ether oxygens (including phenoxy) is 1. The number of carbonyl (C=O) groups excluding carboxylic acids is 2. The number of esters is 1. The van der Waals surface area contributed by atoms with Crippen LogP contribution in [-0.2, 0) is 27.7 Å². The normalized spacial score (nSPS) is 14.1. The molecule has 2 aliphatic rings. The van der Waals surface area contributed by atoms with Crippen LogP contribution in [0, 0.1) is 0 Å². The number of piperazine rings is 1. The van der Waals surface area contributed by atoms with Crippen molar-refractivity contribution in [2.45, 2.75) is 44.4 Å². The Kier molecular flexibility index (Phi) is 11.1. The van der Waals surface area contributed by atoms with Crippen LogP contribution in [-0.4, -0.2) is 56.4 Å². The molecule has 10 nitrogen and oxygen atoms in total. The summed E-state index contributed by atoms with van der Waals surface area (Å²) in [6, 6.07) is 25.2. The number of amides is 1. The number of hydrogen-bond donors (Lipinski definition) is 2. The number of hydrogen-bond acceptors (Lipinski definition) is 8. The maximum atomic E-state index is 12.7. The molecular formula is C37H41N5O5S. The predicted molar refractivity (Wildman–Crippen MR) is 189 cm³/mol. The molecule has 4 aromatic rings. The highest BCUT2D eigenvalue weighted by atomic mass is 32.2. The van der Waals surface area contributed by atoms with Crippen molar-refractivity contribution in [1.29, 1.82) is 0 Å². The van der Waals surface area contributed by atoms with Gasteiger partial charge in [-0.25, -0.2) is 13.4 Å². The van der Waals surface area contributed by atoms with Crippen LogP contribution in [0.15, 0.2) is 108 Å². The summed E-state index contributed by atoms with van der Waals surface area (Å²) in [7, 11) is -3.59. The van der Waals surface area contributed by atoms with Gasteiger partial charge in [-0.15, -0.1) is 0 Å². The molecule has 0 spiro atoms. The molecule has 11 heteroatoms. The second kappa shape index (κ2) is 15.6. The molecule has 1 saturated heterocycles. The summed E-state index contributed by atoms with van der Waals surface area (Å²) in [6.07, 6.45) is 5.98. The molecule has 48 heavy (non-hydrogen) atoms. The van der Waals surface area contributed by atoms with E-state index in [9.17, 15) is 18.0 Å². The van der Waals surface area contributed by atoms with E-state index in [1.807, 2.05) is 37.3 Å². The maximum Gasteiger partial charge on any atom is 0.308 e. The number of sulfonamides is 1. The molecule has 1 aliphatic carbocycles. The Morgan fingerprint density at radius 1 is 0.833 bits per heavy atom. The van der Waals surface area contributed by atoms with Gasteiger partial charge in [0.05, 0.1) is 16.1 Å². The maximum absolute atomic E-state index is 12.7. The van der Waals surface area contributed by atoms with E-state index in [0.717, 1.165) is 55.1 Å². The minimum absolute atomic E-state index is 0.118. The molecule has 1 fully saturated rings. The number of nitrogens with zero attached hydrogens (tertiary/aromatic N) is 3. The molecule has 0 bridgehead atoms. The molecule has 0 atom stereocenters. The summed E-state index contributed by atoms with van der Waals surface area (Å²) in [5.41, 5.74) is 5.13. The minimum atomic E-state index is -3.59. The summed E-state index contributed by atoms with van der Waals surface area (Å²) in [5, 5.41) is 3.06. The summed E-state index contributed by atoms with van der Waals surface area (Å²) < 4.78 is 33.2. The summed E-state index contributed by atoms with van der Waals surface area (Å²) >= 11 is 0. The van der Waals surface area contributed by atoms with E-state index in [4.69, 9.17) is 4.74 Å². The number of benzene rings is 3. The highest BCUT2D eigenvalue weighted by Gasteiger charge is 2.25. The molecule has 0 unspecified atom stereocenters. The fourth-order valence-electron chi connectivity index (χ4n) is 5.78. The molecule has 1 aliphatic heterocycles. The average Bonchev–Trinajstić information content (AvgIpc) is 3.09. The third-order valence-corrected chi connectivity index (χ3v) is 9.46. The Hall–Kier alpha value is -5.16. The lowest BCUT2D eigenvalue weighted by molar-refractivity contribution is -0.131. The number of allylic oxidation sites excluding steroid dienone is 1. The Labute approximate surface area is 282 Å². The first-order valence-electron chi connectivity index (χ1n) is 16.0. The molecule has 1 aromatic heterocycles. The SMILES string of the molecule is C=C(C)Nc1ccc(S(=O)(=O)Nc2cccc3c2CCCC3)cc1.CC(=O)Oc1ccccc1C(=O)N1CCN(c2ccccn2)CC1. The first-order chi connectivity index (χ1) is 23.1. The van der Waals surface area contributed by atoms with Crippen molar-refractivity contribution < 1.29 is 22.7 Å². The fourth-order valence-corrected chi connectivity index (χ4v) is 6.87. The van der Waals surface area contributed by atoms with E-state index in [2.05, 4.69) is 32.6 Å². The third kappa shape index (κ3) is 8.80. The van der Waals surface area contributed by atoms with Gasteiger partial charge in [0.2, 0.25) is 0 Å². The zero-order chi connectivity index (χ0) is 34.1. The Morgan fingerprint density at radius 3 is 2.23 bits per heavy atom. The number of aryl methyl sites for hydroxylation is 1. The largest absolute Gasteiger partial charge is 0.426 e. The highest BCUT2D eigenvalue weighted by molar-refractivity contribution is 7.92. The zero-order valence-corrected chi connectivity index (χ0v) is 28.1. The Morgan fingerprint density at radius 2 is 1.54 bits per heavy atom. The van der Waals surface area contributed by atoms with Crippen LogP contribution in [0.2, 0.25) is 0 Å². The molecule has 2 heterocycles. The van der Waals surface area contributed by atoms with E-state index in [1.165, 1.54) is 18.9 Å². The lowest BCUT2D eigenvalue weighted by Gasteiger charge is -2.35. The molecule has 0 saturated carbocycles. The van der Waals surface area contributed by atoms with Crippen molar-refractivity contribution in [2.24, 2.45) is 0 Å². The highest BCUT2D eigenvalue weighted by Crippen LogP contribution is 2.30. The van der Waals surface area contributed by atoms with Crippen LogP contribution < -0.4 is 19.7 Å². The van der Waals surface area contributed by atoms with E-state index in [1.54, 1.807) is 59.6 Å². The number of anilines is 3. The number of fused-ring (bicyclic) bond motifs is 1. The van der Waals surface area contributed by atoms with Gasteiger partial charge in [0.15, 0.2) is 0 Å². The van der Waals surface area contributed by atoms with Crippen LogP contribution in [0.4, 0.5) is 17.2 Å². The standard InChI is InChI=1S/C19H22N2O2S.C18H19N3O3/c1-14(2)20-16-10-12-17(13-11-16)24(22,23)21-19-9-5-7-15-6-3-4-8-18(15)19;1-14(22)24-16-7-3-2-6-15(16)18(23)21-12-10-20(11-13-21)17-8-4-5-9-19-17/h5,7,9-13,20-21H,1,3-4,6,8H2,2H3;2-9H,10-13H2,1H3. The fraction of sp³-hybridized carbons (Fsp3) is 0.270. The molecule has 0 radical (unpaired) electrons. The number of carbonyl (C=O) groups is 2.